The highest BCUT2D eigenvalue weighted by Gasteiger charge is 2.08. The van der Waals surface area contributed by atoms with E-state index in [2.05, 4.69) is 15.9 Å². The lowest BCUT2D eigenvalue weighted by Gasteiger charge is -2.09. The fourth-order valence-corrected chi connectivity index (χ4v) is 3.08. The number of halogens is 1. The van der Waals surface area contributed by atoms with E-state index in [1.54, 1.807) is 19.1 Å². The molecule has 0 saturated carbocycles. The van der Waals surface area contributed by atoms with Gasteiger partial charge < -0.3 is 5.11 Å². The molecule has 20 heavy (non-hydrogen) atoms. The molecule has 0 bridgehead atoms. The van der Waals surface area contributed by atoms with Crippen molar-refractivity contribution in [1.29, 1.82) is 0 Å². The molecule has 0 saturated heterocycles. The number of aliphatic hydroxyl groups excluding tert-OH is 1. The Kier molecular flexibility index (Phi) is 4.80. The van der Waals surface area contributed by atoms with Crippen LogP contribution in [0.1, 0.15) is 18.6 Å². The van der Waals surface area contributed by atoms with Crippen LogP contribution in [0.25, 0.3) is 0 Å². The fraction of sp³-hybridized carbons (Fsp3) is 0.143. The van der Waals surface area contributed by atoms with Crippen molar-refractivity contribution in [2.45, 2.75) is 22.8 Å². The average Bonchev–Trinajstić information content (AvgIpc) is 2.41. The van der Waals surface area contributed by atoms with Crippen molar-refractivity contribution >= 4 is 33.4 Å². The summed E-state index contributed by atoms with van der Waals surface area (Å²) in [6.07, 6.45) is -0.510. The number of hydrogen-bond donors (Lipinski definition) is 1. The van der Waals surface area contributed by atoms with Crippen molar-refractivity contribution in [2.75, 3.05) is 0 Å². The first-order valence-corrected chi connectivity index (χ1v) is 7.48. The van der Waals surface area contributed by atoms with Crippen LogP contribution < -0.4 is 0 Å². The molecular weight excluding hydrogens is 342 g/mol. The quantitative estimate of drug-likeness (QED) is 0.646. The van der Waals surface area contributed by atoms with Gasteiger partial charge in [0.1, 0.15) is 0 Å². The summed E-state index contributed by atoms with van der Waals surface area (Å²) in [5.74, 6) is 0. The minimum Gasteiger partial charge on any atom is -0.389 e. The van der Waals surface area contributed by atoms with Gasteiger partial charge in [-0.1, -0.05) is 17.8 Å². The van der Waals surface area contributed by atoms with E-state index in [-0.39, 0.29) is 5.69 Å². The Labute approximate surface area is 129 Å². The molecule has 0 spiro atoms. The topological polar surface area (TPSA) is 63.4 Å². The predicted octanol–water partition coefficient (Wildman–Crippen LogP) is 4.56. The normalized spacial score (nSPS) is 12.2. The third-order valence-electron chi connectivity index (χ3n) is 2.71. The van der Waals surface area contributed by atoms with Crippen LogP contribution in [0.3, 0.4) is 0 Å². The summed E-state index contributed by atoms with van der Waals surface area (Å²) in [6, 6.07) is 12.1. The molecule has 0 fully saturated rings. The van der Waals surface area contributed by atoms with Crippen LogP contribution in [-0.4, -0.2) is 10.0 Å². The molecule has 0 heterocycles. The van der Waals surface area contributed by atoms with Gasteiger partial charge in [-0.3, -0.25) is 10.1 Å². The number of rotatable bonds is 4. The van der Waals surface area contributed by atoms with Crippen molar-refractivity contribution in [2.24, 2.45) is 0 Å². The molecule has 1 atom stereocenters. The van der Waals surface area contributed by atoms with E-state index in [9.17, 15) is 15.2 Å². The number of benzene rings is 2. The summed E-state index contributed by atoms with van der Waals surface area (Å²) in [6.45, 7) is 1.71. The molecule has 0 aliphatic rings. The molecule has 0 aliphatic heterocycles. The first-order chi connectivity index (χ1) is 9.47. The lowest BCUT2D eigenvalue weighted by atomic mass is 10.1. The van der Waals surface area contributed by atoms with Crippen molar-refractivity contribution in [3.05, 3.63) is 62.6 Å². The van der Waals surface area contributed by atoms with Gasteiger partial charge in [-0.2, -0.15) is 0 Å². The Morgan fingerprint density at radius 3 is 2.40 bits per heavy atom. The summed E-state index contributed by atoms with van der Waals surface area (Å²) in [5, 5.41) is 20.1. The molecule has 2 aromatic rings. The zero-order valence-corrected chi connectivity index (χ0v) is 13.0. The van der Waals surface area contributed by atoms with Gasteiger partial charge in [0, 0.05) is 26.4 Å². The van der Waals surface area contributed by atoms with Gasteiger partial charge in [-0.25, -0.2) is 0 Å². The van der Waals surface area contributed by atoms with Gasteiger partial charge in [0.25, 0.3) is 5.69 Å². The highest BCUT2D eigenvalue weighted by Crippen LogP contribution is 2.35. The fourth-order valence-electron chi connectivity index (χ4n) is 1.62. The van der Waals surface area contributed by atoms with Crippen molar-refractivity contribution in [3.8, 4) is 0 Å². The van der Waals surface area contributed by atoms with E-state index >= 15 is 0 Å². The Morgan fingerprint density at radius 1 is 1.25 bits per heavy atom. The van der Waals surface area contributed by atoms with Gasteiger partial charge >= 0.3 is 0 Å². The Morgan fingerprint density at radius 2 is 1.90 bits per heavy atom. The Hall–Kier alpha value is -1.37. The number of non-ortho nitro benzene ring substituents is 1. The summed E-state index contributed by atoms with van der Waals surface area (Å²) in [7, 11) is 0. The average molecular weight is 354 g/mol. The maximum Gasteiger partial charge on any atom is 0.269 e. The maximum absolute atomic E-state index is 10.6. The molecule has 2 rings (SSSR count). The minimum atomic E-state index is -0.510. The lowest BCUT2D eigenvalue weighted by Crippen LogP contribution is -1.91. The van der Waals surface area contributed by atoms with Crippen LogP contribution in [0.2, 0.25) is 0 Å². The van der Waals surface area contributed by atoms with Gasteiger partial charge in [0.15, 0.2) is 0 Å². The van der Waals surface area contributed by atoms with E-state index in [1.165, 1.54) is 23.9 Å². The SMILES string of the molecule is CC(O)c1ccc(Sc2ccc([N+](=O)[O-])cc2)c(Br)c1. The third-order valence-corrected chi connectivity index (χ3v) is 4.72. The molecule has 104 valence electrons. The maximum atomic E-state index is 10.6. The second-order valence-electron chi connectivity index (χ2n) is 4.22. The van der Waals surface area contributed by atoms with Crippen LogP contribution in [0.5, 0.6) is 0 Å². The molecule has 0 aliphatic carbocycles. The minimum absolute atomic E-state index is 0.0814. The van der Waals surface area contributed by atoms with Crippen LogP contribution in [0.15, 0.2) is 56.7 Å². The van der Waals surface area contributed by atoms with Crippen molar-refractivity contribution in [1.82, 2.24) is 0 Å². The molecule has 0 aromatic heterocycles. The molecule has 0 amide bonds. The summed E-state index contributed by atoms with van der Waals surface area (Å²) in [4.78, 5) is 12.1. The zero-order valence-electron chi connectivity index (χ0n) is 10.6. The summed E-state index contributed by atoms with van der Waals surface area (Å²) >= 11 is 4.97. The zero-order chi connectivity index (χ0) is 14.7. The highest BCUT2D eigenvalue weighted by atomic mass is 79.9. The monoisotopic (exact) mass is 353 g/mol. The molecule has 2 aromatic carbocycles. The van der Waals surface area contributed by atoms with Crippen molar-refractivity contribution in [3.63, 3.8) is 0 Å². The molecule has 6 heteroatoms. The number of nitro groups is 1. The van der Waals surface area contributed by atoms with Crippen LogP contribution in [0.4, 0.5) is 5.69 Å². The second-order valence-corrected chi connectivity index (χ2v) is 6.19. The molecule has 1 N–H and O–H groups in total. The Balaban J connectivity index is 2.19. The summed E-state index contributed by atoms with van der Waals surface area (Å²) in [5.41, 5.74) is 0.919. The summed E-state index contributed by atoms with van der Waals surface area (Å²) < 4.78 is 0.888. The predicted molar refractivity (Wildman–Crippen MR) is 82.0 cm³/mol. The molecular formula is C14H12BrNO3S. The number of nitro benzene ring substituents is 1. The third kappa shape index (κ3) is 3.59. The highest BCUT2D eigenvalue weighted by molar-refractivity contribution is 9.10. The van der Waals surface area contributed by atoms with E-state index in [1.807, 2.05) is 18.2 Å². The lowest BCUT2D eigenvalue weighted by molar-refractivity contribution is -0.384. The van der Waals surface area contributed by atoms with Gasteiger partial charge in [-0.05, 0) is 52.7 Å². The molecule has 4 nitrogen and oxygen atoms in total. The van der Waals surface area contributed by atoms with E-state index in [4.69, 9.17) is 0 Å². The Bertz CT molecular complexity index is 629. The van der Waals surface area contributed by atoms with Gasteiger partial charge in [-0.15, -0.1) is 0 Å². The van der Waals surface area contributed by atoms with E-state index in [0.717, 1.165) is 19.8 Å². The number of hydrogen-bond acceptors (Lipinski definition) is 4. The number of nitrogens with zero attached hydrogens (tertiary/aromatic N) is 1. The number of aliphatic hydroxyl groups is 1. The van der Waals surface area contributed by atoms with E-state index < -0.39 is 11.0 Å². The first kappa shape index (κ1) is 15.0. The standard InChI is InChI=1S/C14H12BrNO3S/c1-9(17)10-2-7-14(13(15)8-10)20-12-5-3-11(4-6-12)16(18)19/h2-9,17H,1H3. The second kappa shape index (κ2) is 6.39. The molecule has 0 radical (unpaired) electrons. The molecule has 1 unspecified atom stereocenters. The van der Waals surface area contributed by atoms with Crippen LogP contribution in [0, 0.1) is 10.1 Å². The van der Waals surface area contributed by atoms with Crippen LogP contribution in [-0.2, 0) is 0 Å². The van der Waals surface area contributed by atoms with Gasteiger partial charge in [0.2, 0.25) is 0 Å². The first-order valence-electron chi connectivity index (χ1n) is 5.87. The van der Waals surface area contributed by atoms with E-state index in [0.29, 0.717) is 0 Å². The smallest absolute Gasteiger partial charge is 0.269 e. The van der Waals surface area contributed by atoms with Crippen molar-refractivity contribution < 1.29 is 10.0 Å². The largest absolute Gasteiger partial charge is 0.389 e. The van der Waals surface area contributed by atoms with Gasteiger partial charge in [0.05, 0.1) is 11.0 Å². The van der Waals surface area contributed by atoms with Crippen LogP contribution >= 0.6 is 27.7 Å².